The van der Waals surface area contributed by atoms with Crippen LogP contribution in [0.5, 0.6) is 0 Å². The van der Waals surface area contributed by atoms with E-state index in [0.717, 1.165) is 0 Å². The van der Waals surface area contributed by atoms with E-state index in [-0.39, 0.29) is 16.7 Å². The quantitative estimate of drug-likeness (QED) is 0.746. The third-order valence-electron chi connectivity index (χ3n) is 2.52. The van der Waals surface area contributed by atoms with Gasteiger partial charge >= 0.3 is 0 Å². The third-order valence-corrected chi connectivity index (χ3v) is 4.65. The molecule has 3 aromatic heterocycles. The first-order valence-electron chi connectivity index (χ1n) is 5.55. The van der Waals surface area contributed by atoms with E-state index in [9.17, 15) is 8.42 Å². The minimum atomic E-state index is -3.82. The molecule has 0 radical (unpaired) electrons. The zero-order valence-electron chi connectivity index (χ0n) is 10.3. The highest BCUT2D eigenvalue weighted by molar-refractivity contribution is 7.92. The Bertz CT molecular complexity index is 839. The Morgan fingerprint density at radius 1 is 1.40 bits per heavy atom. The molecule has 0 bridgehead atoms. The monoisotopic (exact) mass is 310 g/mol. The lowest BCUT2D eigenvalue weighted by molar-refractivity contribution is 0.597. The molecule has 2 N–H and O–H groups in total. The van der Waals surface area contributed by atoms with Crippen LogP contribution in [-0.2, 0) is 10.0 Å². The summed E-state index contributed by atoms with van der Waals surface area (Å²) in [5.74, 6) is 0.438. The second kappa shape index (κ2) is 4.72. The van der Waals surface area contributed by atoms with Crippen LogP contribution >= 0.6 is 11.3 Å². The van der Waals surface area contributed by atoms with Gasteiger partial charge in [-0.05, 0) is 12.1 Å². The number of nitrogens with zero attached hydrogens (tertiary/aromatic N) is 4. The standard InChI is InChI=1S/C10H10N6O2S2/c1-11-8-9(16-5-6-19-10(16)13-8)20(17,18)15-7-3-2-4-12-14-7/h2-6,11H,1H3,(H,14,15). The number of anilines is 2. The maximum absolute atomic E-state index is 12.5. The first-order valence-corrected chi connectivity index (χ1v) is 7.92. The summed E-state index contributed by atoms with van der Waals surface area (Å²) < 4.78 is 28.8. The molecule has 0 amide bonds. The van der Waals surface area contributed by atoms with Crippen molar-refractivity contribution in [3.8, 4) is 0 Å². The fourth-order valence-corrected chi connectivity index (χ4v) is 3.79. The van der Waals surface area contributed by atoms with Gasteiger partial charge < -0.3 is 5.32 Å². The van der Waals surface area contributed by atoms with E-state index in [0.29, 0.717) is 4.96 Å². The number of hydrogen-bond donors (Lipinski definition) is 2. The number of thiazole rings is 1. The van der Waals surface area contributed by atoms with Gasteiger partial charge in [-0.15, -0.1) is 16.4 Å². The molecule has 0 aromatic carbocycles. The van der Waals surface area contributed by atoms with Crippen LogP contribution in [0.15, 0.2) is 34.9 Å². The van der Waals surface area contributed by atoms with Crippen LogP contribution in [0.2, 0.25) is 0 Å². The molecular formula is C10H10N6O2S2. The Labute approximate surface area is 118 Å². The van der Waals surface area contributed by atoms with E-state index in [1.54, 1.807) is 24.7 Å². The molecule has 0 aliphatic heterocycles. The molecule has 3 rings (SSSR count). The molecule has 3 aromatic rings. The van der Waals surface area contributed by atoms with E-state index in [1.807, 2.05) is 0 Å². The molecular weight excluding hydrogens is 300 g/mol. The molecule has 0 aliphatic carbocycles. The van der Waals surface area contributed by atoms with E-state index < -0.39 is 10.0 Å². The predicted molar refractivity (Wildman–Crippen MR) is 75.5 cm³/mol. The fourth-order valence-electron chi connectivity index (χ4n) is 1.73. The second-order valence-corrected chi connectivity index (χ2v) is 6.26. The van der Waals surface area contributed by atoms with Crippen molar-refractivity contribution in [1.82, 2.24) is 19.6 Å². The van der Waals surface area contributed by atoms with Crippen molar-refractivity contribution in [1.29, 1.82) is 0 Å². The summed E-state index contributed by atoms with van der Waals surface area (Å²) in [6.07, 6.45) is 3.12. The maximum Gasteiger partial charge on any atom is 0.282 e. The topological polar surface area (TPSA) is 101 Å². The van der Waals surface area contributed by atoms with E-state index in [1.165, 1.54) is 28.0 Å². The molecule has 0 unspecified atom stereocenters. The van der Waals surface area contributed by atoms with Gasteiger partial charge in [-0.2, -0.15) is 13.5 Å². The van der Waals surface area contributed by atoms with Gasteiger partial charge in [0.25, 0.3) is 10.0 Å². The molecule has 0 atom stereocenters. The zero-order valence-corrected chi connectivity index (χ0v) is 11.9. The minimum absolute atomic E-state index is 0.0434. The van der Waals surface area contributed by atoms with Crippen LogP contribution in [0.1, 0.15) is 0 Å². The Balaban J connectivity index is 2.11. The highest BCUT2D eigenvalue weighted by atomic mass is 32.2. The highest BCUT2D eigenvalue weighted by Gasteiger charge is 2.26. The normalized spacial score (nSPS) is 11.7. The van der Waals surface area contributed by atoms with Crippen LogP contribution in [0.25, 0.3) is 4.96 Å². The van der Waals surface area contributed by atoms with Crippen molar-refractivity contribution in [3.05, 3.63) is 29.9 Å². The number of fused-ring (bicyclic) bond motifs is 1. The van der Waals surface area contributed by atoms with Crippen molar-refractivity contribution in [3.63, 3.8) is 0 Å². The Morgan fingerprint density at radius 3 is 2.95 bits per heavy atom. The third kappa shape index (κ3) is 2.08. The van der Waals surface area contributed by atoms with Crippen molar-refractivity contribution < 1.29 is 8.42 Å². The van der Waals surface area contributed by atoms with Crippen molar-refractivity contribution in [2.24, 2.45) is 0 Å². The first kappa shape index (κ1) is 12.8. The number of sulfonamides is 1. The summed E-state index contributed by atoms with van der Waals surface area (Å²) in [6.45, 7) is 0. The molecule has 104 valence electrons. The van der Waals surface area contributed by atoms with Crippen LogP contribution < -0.4 is 10.0 Å². The van der Waals surface area contributed by atoms with Crippen molar-refractivity contribution in [2.75, 3.05) is 17.1 Å². The van der Waals surface area contributed by atoms with Gasteiger partial charge in [-0.1, -0.05) is 0 Å². The lowest BCUT2D eigenvalue weighted by atomic mass is 10.6. The van der Waals surface area contributed by atoms with E-state index >= 15 is 0 Å². The smallest absolute Gasteiger partial charge is 0.282 e. The Hall–Kier alpha value is -2.20. The van der Waals surface area contributed by atoms with Crippen LogP contribution in [0.4, 0.5) is 11.6 Å². The van der Waals surface area contributed by atoms with Crippen LogP contribution in [-0.4, -0.2) is 35.0 Å². The first-order chi connectivity index (χ1) is 9.62. The number of rotatable bonds is 4. The number of nitrogens with one attached hydrogen (secondary N) is 2. The van der Waals surface area contributed by atoms with Crippen molar-refractivity contribution >= 4 is 38.0 Å². The number of hydrogen-bond acceptors (Lipinski definition) is 7. The van der Waals surface area contributed by atoms with Gasteiger partial charge in [-0.25, -0.2) is 4.98 Å². The van der Waals surface area contributed by atoms with E-state index in [2.05, 4.69) is 25.2 Å². The number of imidazole rings is 1. The second-order valence-electron chi connectivity index (χ2n) is 3.79. The average molecular weight is 310 g/mol. The van der Waals surface area contributed by atoms with Gasteiger partial charge in [-0.3, -0.25) is 9.12 Å². The van der Waals surface area contributed by atoms with Crippen molar-refractivity contribution in [2.45, 2.75) is 5.03 Å². The summed E-state index contributed by atoms with van der Waals surface area (Å²) in [4.78, 5) is 4.81. The van der Waals surface area contributed by atoms with E-state index in [4.69, 9.17) is 0 Å². The molecule has 0 saturated heterocycles. The Morgan fingerprint density at radius 2 is 2.25 bits per heavy atom. The van der Waals surface area contributed by atoms with Crippen LogP contribution in [0.3, 0.4) is 0 Å². The summed E-state index contributed by atoms with van der Waals surface area (Å²) in [7, 11) is -2.20. The summed E-state index contributed by atoms with van der Waals surface area (Å²) in [6, 6.07) is 3.12. The lowest BCUT2D eigenvalue weighted by Crippen LogP contribution is -2.17. The molecule has 0 aliphatic rings. The molecule has 20 heavy (non-hydrogen) atoms. The van der Waals surface area contributed by atoms with Gasteiger partial charge in [0, 0.05) is 24.8 Å². The molecule has 0 fully saturated rings. The van der Waals surface area contributed by atoms with Gasteiger partial charge in [0.05, 0.1) is 0 Å². The van der Waals surface area contributed by atoms with Gasteiger partial charge in [0.2, 0.25) is 5.03 Å². The molecule has 3 heterocycles. The van der Waals surface area contributed by atoms with Gasteiger partial charge in [0.1, 0.15) is 0 Å². The molecule has 0 spiro atoms. The molecule has 10 heteroatoms. The summed E-state index contributed by atoms with van der Waals surface area (Å²) in [5.41, 5.74) is 0. The Kier molecular flexibility index (Phi) is 3.03. The maximum atomic E-state index is 12.5. The molecule has 0 saturated carbocycles. The zero-order chi connectivity index (χ0) is 14.2. The predicted octanol–water partition coefficient (Wildman–Crippen LogP) is 1.03. The summed E-state index contributed by atoms with van der Waals surface area (Å²) in [5, 5.41) is 11.9. The lowest BCUT2D eigenvalue weighted by Gasteiger charge is -2.07. The number of aromatic nitrogens is 4. The molecule has 8 nitrogen and oxygen atoms in total. The summed E-state index contributed by atoms with van der Waals surface area (Å²) >= 11 is 1.35. The SMILES string of the molecule is CNc1nc2sccn2c1S(=O)(=O)Nc1cccnn1. The largest absolute Gasteiger partial charge is 0.371 e. The minimum Gasteiger partial charge on any atom is -0.371 e. The highest BCUT2D eigenvalue weighted by Crippen LogP contribution is 2.26. The average Bonchev–Trinajstić information content (AvgIpc) is 2.98. The van der Waals surface area contributed by atoms with Gasteiger partial charge in [0.15, 0.2) is 16.6 Å². The fraction of sp³-hybridized carbons (Fsp3) is 0.100. The van der Waals surface area contributed by atoms with Crippen LogP contribution in [0, 0.1) is 0 Å².